The molecule has 5 heterocycles. The summed E-state index contributed by atoms with van der Waals surface area (Å²) in [4.78, 5) is 5.18. The Labute approximate surface area is 347 Å². The Morgan fingerprint density at radius 1 is 0.390 bits per heavy atom. The molecule has 0 aliphatic carbocycles. The van der Waals surface area contributed by atoms with Gasteiger partial charge in [-0.3, -0.25) is 0 Å². The van der Waals surface area contributed by atoms with Crippen molar-refractivity contribution in [2.24, 2.45) is 0 Å². The fourth-order valence-electron chi connectivity index (χ4n) is 11.6. The van der Waals surface area contributed by atoms with E-state index >= 15 is 0 Å². The van der Waals surface area contributed by atoms with E-state index in [0.29, 0.717) is 0 Å². The molecular formula is C55H33NOSSi. The number of nitrogens with zero attached hydrogens (tertiary/aromatic N) is 1. The summed E-state index contributed by atoms with van der Waals surface area (Å²) >= 11 is 1.89. The van der Waals surface area contributed by atoms with E-state index in [1.807, 2.05) is 11.8 Å². The normalized spacial score (nSPS) is 15.3. The Kier molecular flexibility index (Phi) is 6.22. The first-order valence-electron chi connectivity index (χ1n) is 20.4. The summed E-state index contributed by atoms with van der Waals surface area (Å²) in [5.74, 6) is 0. The van der Waals surface area contributed by atoms with Gasteiger partial charge in [0.25, 0.3) is 0 Å². The second-order valence-corrected chi connectivity index (χ2v) is 21.0. The minimum absolute atomic E-state index is 0.481. The van der Waals surface area contributed by atoms with Gasteiger partial charge in [-0.2, -0.15) is 0 Å². The largest absolute Gasteiger partial charge is 0.456 e. The Balaban J connectivity index is 1.07. The zero-order valence-corrected chi connectivity index (χ0v) is 33.6. The molecule has 0 atom stereocenters. The molecule has 2 spiro atoms. The molecule has 1 aromatic heterocycles. The molecule has 0 saturated carbocycles. The van der Waals surface area contributed by atoms with E-state index in [2.05, 4.69) is 205 Å². The van der Waals surface area contributed by atoms with Crippen LogP contribution in [0, 0.1) is 0 Å². The van der Waals surface area contributed by atoms with E-state index in [4.69, 9.17) is 4.42 Å². The topological polar surface area (TPSA) is 16.4 Å². The van der Waals surface area contributed by atoms with E-state index < -0.39 is 13.5 Å². The molecule has 0 saturated heterocycles. The monoisotopic (exact) mass is 783 g/mol. The molecule has 4 heteroatoms. The highest BCUT2D eigenvalue weighted by Gasteiger charge is 2.55. The molecule has 274 valence electrons. The van der Waals surface area contributed by atoms with Gasteiger partial charge in [0.15, 0.2) is 8.07 Å². The first-order chi connectivity index (χ1) is 29.3. The number of para-hydroxylation sites is 3. The molecule has 2 nitrogen and oxygen atoms in total. The van der Waals surface area contributed by atoms with Crippen LogP contribution in [-0.4, -0.2) is 8.07 Å². The SMILES string of the molecule is c1ccc2c(c1)Sc1ccccc1C21c2ccccc2N(c2ccc3c(c2)[Si]2(c4ccccc4-c4ccccc42)c2cc4c(cc2-3)oc2ccccc24)c2ccccc21. The van der Waals surface area contributed by atoms with Crippen molar-refractivity contribution in [3.63, 3.8) is 0 Å². The minimum Gasteiger partial charge on any atom is -0.456 e. The Hall–Kier alpha value is -6.85. The summed E-state index contributed by atoms with van der Waals surface area (Å²) in [6.45, 7) is 0. The van der Waals surface area contributed by atoms with Gasteiger partial charge in [0.05, 0.1) is 16.8 Å². The van der Waals surface area contributed by atoms with Gasteiger partial charge in [0.1, 0.15) is 11.2 Å². The predicted molar refractivity (Wildman–Crippen MR) is 246 cm³/mol. The summed E-state index contributed by atoms with van der Waals surface area (Å²) in [5, 5.41) is 8.20. The molecule has 14 rings (SSSR count). The quantitative estimate of drug-likeness (QED) is 0.154. The van der Waals surface area contributed by atoms with Crippen molar-refractivity contribution < 1.29 is 4.42 Å². The maximum atomic E-state index is 6.59. The van der Waals surface area contributed by atoms with Gasteiger partial charge in [-0.15, -0.1) is 0 Å². The van der Waals surface area contributed by atoms with Gasteiger partial charge in [0.2, 0.25) is 0 Å². The van der Waals surface area contributed by atoms with Crippen LogP contribution in [0.2, 0.25) is 0 Å². The second kappa shape index (κ2) is 11.4. The van der Waals surface area contributed by atoms with Gasteiger partial charge in [0, 0.05) is 26.3 Å². The van der Waals surface area contributed by atoms with Crippen LogP contribution in [0.4, 0.5) is 17.1 Å². The van der Waals surface area contributed by atoms with Gasteiger partial charge in [-0.05, 0) is 120 Å². The second-order valence-electron chi connectivity index (χ2n) is 16.3. The molecule has 9 aromatic carbocycles. The maximum Gasteiger partial charge on any atom is 0.182 e. The van der Waals surface area contributed by atoms with E-state index in [0.717, 1.165) is 11.2 Å². The van der Waals surface area contributed by atoms with Crippen LogP contribution >= 0.6 is 11.8 Å². The molecule has 4 aliphatic heterocycles. The van der Waals surface area contributed by atoms with Crippen LogP contribution in [0.5, 0.6) is 0 Å². The molecule has 0 radical (unpaired) electrons. The van der Waals surface area contributed by atoms with Crippen LogP contribution in [0.3, 0.4) is 0 Å². The van der Waals surface area contributed by atoms with Crippen LogP contribution in [0.25, 0.3) is 44.2 Å². The number of hydrogen-bond donors (Lipinski definition) is 0. The first kappa shape index (κ1) is 32.1. The summed E-state index contributed by atoms with van der Waals surface area (Å²) in [7, 11) is -2.81. The van der Waals surface area contributed by atoms with E-state index in [1.165, 1.54) is 103 Å². The summed E-state index contributed by atoms with van der Waals surface area (Å²) in [6, 6.07) is 75.6. The number of anilines is 3. The van der Waals surface area contributed by atoms with E-state index in [1.54, 1.807) is 0 Å². The van der Waals surface area contributed by atoms with Crippen molar-refractivity contribution >= 4 is 79.6 Å². The number of furan rings is 1. The summed E-state index contributed by atoms with van der Waals surface area (Å²) in [6.07, 6.45) is 0. The lowest BCUT2D eigenvalue weighted by Crippen LogP contribution is -2.70. The first-order valence-corrected chi connectivity index (χ1v) is 23.2. The molecule has 0 fully saturated rings. The van der Waals surface area contributed by atoms with Gasteiger partial charge >= 0.3 is 0 Å². The van der Waals surface area contributed by atoms with Gasteiger partial charge < -0.3 is 9.32 Å². The number of rotatable bonds is 1. The molecule has 0 N–H and O–H groups in total. The average Bonchev–Trinajstić information content (AvgIpc) is 3.91. The lowest BCUT2D eigenvalue weighted by molar-refractivity contribution is 0.669. The molecule has 59 heavy (non-hydrogen) atoms. The van der Waals surface area contributed by atoms with E-state index in [9.17, 15) is 0 Å². The molecular weight excluding hydrogens is 751 g/mol. The zero-order valence-electron chi connectivity index (χ0n) is 31.8. The minimum atomic E-state index is -2.81. The van der Waals surface area contributed by atoms with Crippen molar-refractivity contribution in [3.05, 3.63) is 222 Å². The highest BCUT2D eigenvalue weighted by atomic mass is 32.2. The fraction of sp³-hybridized carbons (Fsp3) is 0.0182. The third-order valence-corrected chi connectivity index (χ3v) is 19.8. The Morgan fingerprint density at radius 3 is 1.59 bits per heavy atom. The van der Waals surface area contributed by atoms with Crippen LogP contribution in [0.15, 0.2) is 214 Å². The lowest BCUT2D eigenvalue weighted by atomic mass is 9.62. The van der Waals surface area contributed by atoms with E-state index in [-0.39, 0.29) is 0 Å². The predicted octanol–water partition coefficient (Wildman–Crippen LogP) is 11.6. The Morgan fingerprint density at radius 2 is 0.915 bits per heavy atom. The van der Waals surface area contributed by atoms with Crippen molar-refractivity contribution in [2.45, 2.75) is 15.2 Å². The Bertz CT molecular complexity index is 3330. The van der Waals surface area contributed by atoms with Crippen molar-refractivity contribution in [1.82, 2.24) is 0 Å². The smallest absolute Gasteiger partial charge is 0.182 e. The highest BCUT2D eigenvalue weighted by molar-refractivity contribution is 7.99. The van der Waals surface area contributed by atoms with Crippen molar-refractivity contribution in [3.8, 4) is 22.3 Å². The van der Waals surface area contributed by atoms with Crippen LogP contribution in [-0.2, 0) is 5.41 Å². The fourth-order valence-corrected chi connectivity index (χ4v) is 18.4. The molecule has 10 aromatic rings. The van der Waals surface area contributed by atoms with Crippen molar-refractivity contribution in [2.75, 3.05) is 4.90 Å². The molecule has 0 unspecified atom stereocenters. The number of benzene rings is 9. The lowest BCUT2D eigenvalue weighted by Gasteiger charge is -2.49. The molecule has 4 aliphatic rings. The highest BCUT2D eigenvalue weighted by Crippen LogP contribution is 2.62. The van der Waals surface area contributed by atoms with Gasteiger partial charge in [-0.1, -0.05) is 157 Å². The van der Waals surface area contributed by atoms with Gasteiger partial charge in [-0.25, -0.2) is 0 Å². The van der Waals surface area contributed by atoms with Crippen molar-refractivity contribution in [1.29, 1.82) is 0 Å². The number of fused-ring (bicyclic) bond motifs is 21. The standard InChI is InChI=1S/C55H33NOSSi/c1-10-24-47-35(15-1)39-33-54-40(32-48(39)57-47)38-30-29-34(31-53(38)59(54)51-27-13-2-16-36(51)37-17-3-14-28-52(37)59)56-45-22-8-4-18-41(45)55(42-19-5-9-23-46(42)56)43-20-6-11-25-49(43)58-50-26-12-7-21-44(50)55/h1-33H. The third kappa shape index (κ3) is 3.85. The zero-order chi connectivity index (χ0) is 38.5. The van der Waals surface area contributed by atoms with Crippen LogP contribution < -0.4 is 25.6 Å². The maximum absolute atomic E-state index is 6.59. The summed E-state index contributed by atoms with van der Waals surface area (Å²) in [5.41, 5.74) is 15.6. The number of hydrogen-bond acceptors (Lipinski definition) is 3. The molecule has 0 bridgehead atoms. The van der Waals surface area contributed by atoms with Crippen LogP contribution in [0.1, 0.15) is 22.3 Å². The summed E-state index contributed by atoms with van der Waals surface area (Å²) < 4.78 is 6.59. The third-order valence-electron chi connectivity index (χ3n) is 13.7. The average molecular weight is 784 g/mol. The molecule has 0 amide bonds.